The van der Waals surface area contributed by atoms with E-state index >= 15 is 0 Å². The van der Waals surface area contributed by atoms with E-state index in [4.69, 9.17) is 9.47 Å². The van der Waals surface area contributed by atoms with Gasteiger partial charge >= 0.3 is 0 Å². The van der Waals surface area contributed by atoms with Crippen LogP contribution in [0.2, 0.25) is 0 Å². The van der Waals surface area contributed by atoms with Crippen LogP contribution in [0, 0.1) is 0 Å². The molecule has 2 aromatic rings. The van der Waals surface area contributed by atoms with Gasteiger partial charge in [0.1, 0.15) is 17.5 Å². The lowest BCUT2D eigenvalue weighted by molar-refractivity contribution is -0.143. The normalized spacial score (nSPS) is 15.1. The maximum absolute atomic E-state index is 13.6. The van der Waals surface area contributed by atoms with Gasteiger partial charge in [0.15, 0.2) is 6.61 Å². The van der Waals surface area contributed by atoms with Crippen LogP contribution in [0.4, 0.5) is 0 Å². The first-order valence-corrected chi connectivity index (χ1v) is 14.1. The van der Waals surface area contributed by atoms with Gasteiger partial charge in [-0.2, -0.15) is 0 Å². The fraction of sp³-hybridized carbons (Fsp3) is 0.533. The number of nitrogens with zero attached hydrogens (tertiary/aromatic N) is 1. The van der Waals surface area contributed by atoms with Gasteiger partial charge in [-0.3, -0.25) is 9.59 Å². The predicted molar refractivity (Wildman–Crippen MR) is 151 cm³/mol. The van der Waals surface area contributed by atoms with E-state index in [2.05, 4.69) is 42.0 Å². The Kier molecular flexibility index (Phi) is 10.4. The van der Waals surface area contributed by atoms with Crippen molar-refractivity contribution in [3.63, 3.8) is 0 Å². The second-order valence-corrected chi connectivity index (χ2v) is 11.7. The van der Waals surface area contributed by atoms with E-state index in [0.29, 0.717) is 24.5 Å². The van der Waals surface area contributed by atoms with E-state index in [9.17, 15) is 9.59 Å². The molecule has 1 aliphatic rings. The van der Waals surface area contributed by atoms with Gasteiger partial charge in [0.2, 0.25) is 5.91 Å². The van der Waals surface area contributed by atoms with Crippen molar-refractivity contribution in [1.82, 2.24) is 10.2 Å². The Hall–Kier alpha value is -2.54. The molecule has 6 nitrogen and oxygen atoms in total. The summed E-state index contributed by atoms with van der Waals surface area (Å²) in [6.45, 7) is 8.53. The van der Waals surface area contributed by atoms with Crippen LogP contribution in [-0.4, -0.2) is 42.5 Å². The van der Waals surface area contributed by atoms with Crippen molar-refractivity contribution in [2.24, 2.45) is 0 Å². The zero-order valence-electron chi connectivity index (χ0n) is 22.8. The molecule has 0 unspecified atom stereocenters. The summed E-state index contributed by atoms with van der Waals surface area (Å²) in [6.07, 6.45) is 5.98. The summed E-state index contributed by atoms with van der Waals surface area (Å²) in [5.74, 6) is 0.979. The number of halogens is 1. The molecule has 202 valence electrons. The predicted octanol–water partition coefficient (Wildman–Crippen LogP) is 6.39. The lowest BCUT2D eigenvalue weighted by atomic mass is 9.87. The van der Waals surface area contributed by atoms with Crippen LogP contribution in [0.25, 0.3) is 0 Å². The van der Waals surface area contributed by atoms with Gasteiger partial charge < -0.3 is 19.7 Å². The number of hydrogen-bond acceptors (Lipinski definition) is 4. The number of rotatable bonds is 10. The van der Waals surface area contributed by atoms with E-state index < -0.39 is 6.04 Å². The molecule has 1 N–H and O–H groups in total. The van der Waals surface area contributed by atoms with Crippen LogP contribution in [0.15, 0.2) is 46.9 Å². The molecular formula is C30H41BrN2O4. The Balaban J connectivity index is 1.79. The fourth-order valence-corrected chi connectivity index (χ4v) is 5.23. The summed E-state index contributed by atoms with van der Waals surface area (Å²) < 4.78 is 12.1. The lowest BCUT2D eigenvalue weighted by Crippen LogP contribution is -2.52. The summed E-state index contributed by atoms with van der Waals surface area (Å²) in [5, 5.41) is 3.21. The molecule has 1 aliphatic carbocycles. The second kappa shape index (κ2) is 13.3. The van der Waals surface area contributed by atoms with Crippen LogP contribution >= 0.6 is 15.9 Å². The van der Waals surface area contributed by atoms with Gasteiger partial charge in [0.05, 0.1) is 11.6 Å². The number of amides is 2. The lowest BCUT2D eigenvalue weighted by Gasteiger charge is -2.32. The minimum Gasteiger partial charge on any atom is -0.497 e. The number of carbonyl (C=O) groups excluding carboxylic acids is 2. The van der Waals surface area contributed by atoms with Gasteiger partial charge in [-0.25, -0.2) is 0 Å². The zero-order valence-corrected chi connectivity index (χ0v) is 24.4. The van der Waals surface area contributed by atoms with Crippen molar-refractivity contribution >= 4 is 27.7 Å². The molecule has 0 radical (unpaired) electrons. The summed E-state index contributed by atoms with van der Waals surface area (Å²) in [5.41, 5.74) is 2.07. The maximum atomic E-state index is 13.6. The Bertz CT molecular complexity index is 1060. The van der Waals surface area contributed by atoms with Gasteiger partial charge in [-0.15, -0.1) is 0 Å². The third kappa shape index (κ3) is 8.22. The van der Waals surface area contributed by atoms with E-state index in [1.54, 1.807) is 12.0 Å². The maximum Gasteiger partial charge on any atom is 0.261 e. The Morgan fingerprint density at radius 2 is 1.84 bits per heavy atom. The molecule has 0 spiro atoms. The van der Waals surface area contributed by atoms with E-state index in [0.717, 1.165) is 35.7 Å². The monoisotopic (exact) mass is 572 g/mol. The molecule has 0 saturated heterocycles. The van der Waals surface area contributed by atoms with Crippen molar-refractivity contribution in [3.05, 3.63) is 58.1 Å². The molecule has 1 atom stereocenters. The number of carbonyl (C=O) groups is 2. The van der Waals surface area contributed by atoms with E-state index in [1.165, 1.54) is 12.0 Å². The first kappa shape index (κ1) is 29.0. The highest BCUT2D eigenvalue weighted by Gasteiger charge is 2.31. The largest absolute Gasteiger partial charge is 0.497 e. The molecule has 1 saturated carbocycles. The fourth-order valence-electron chi connectivity index (χ4n) is 4.74. The third-order valence-electron chi connectivity index (χ3n) is 6.97. The van der Waals surface area contributed by atoms with Crippen LogP contribution < -0.4 is 14.8 Å². The number of ether oxygens (including phenoxy) is 2. The minimum absolute atomic E-state index is 0.00442. The van der Waals surface area contributed by atoms with E-state index in [1.807, 2.05) is 49.4 Å². The van der Waals surface area contributed by atoms with Crippen LogP contribution in [-0.2, 0) is 21.5 Å². The first-order chi connectivity index (χ1) is 17.6. The molecule has 0 bridgehead atoms. The summed E-state index contributed by atoms with van der Waals surface area (Å²) in [6, 6.07) is 13.1. The van der Waals surface area contributed by atoms with Crippen molar-refractivity contribution in [1.29, 1.82) is 0 Å². The molecule has 0 aromatic heterocycles. The number of benzene rings is 2. The molecular weight excluding hydrogens is 532 g/mol. The van der Waals surface area contributed by atoms with Gasteiger partial charge in [0, 0.05) is 12.6 Å². The van der Waals surface area contributed by atoms with Gasteiger partial charge in [-0.05, 0) is 76.0 Å². The van der Waals surface area contributed by atoms with Crippen molar-refractivity contribution in [2.75, 3.05) is 13.7 Å². The molecule has 0 aliphatic heterocycles. The molecule has 3 rings (SSSR count). The summed E-state index contributed by atoms with van der Waals surface area (Å²) in [7, 11) is 1.62. The van der Waals surface area contributed by atoms with E-state index in [-0.39, 0.29) is 29.9 Å². The summed E-state index contributed by atoms with van der Waals surface area (Å²) >= 11 is 3.59. The van der Waals surface area contributed by atoms with Crippen molar-refractivity contribution in [2.45, 2.75) is 90.3 Å². The number of methoxy groups -OCH3 is 1. The topological polar surface area (TPSA) is 67.9 Å². The molecule has 0 heterocycles. The molecule has 2 amide bonds. The first-order valence-electron chi connectivity index (χ1n) is 13.3. The Morgan fingerprint density at radius 3 is 2.46 bits per heavy atom. The Labute approximate surface area is 230 Å². The second-order valence-electron chi connectivity index (χ2n) is 10.8. The van der Waals surface area contributed by atoms with Crippen molar-refractivity contribution < 1.29 is 19.1 Å². The quantitative estimate of drug-likeness (QED) is 0.358. The molecule has 7 heteroatoms. The average Bonchev–Trinajstić information content (AvgIpc) is 2.87. The SMILES string of the molecule is CC[C@@H](C(=O)NC1CCCCC1)N(Cc1cccc(OC)c1)C(=O)COc1ccc(C(C)(C)C)cc1Br. The molecule has 2 aromatic carbocycles. The summed E-state index contributed by atoms with van der Waals surface area (Å²) in [4.78, 5) is 28.6. The number of nitrogens with one attached hydrogen (secondary N) is 1. The van der Waals surface area contributed by atoms with Crippen molar-refractivity contribution in [3.8, 4) is 11.5 Å². The molecule has 37 heavy (non-hydrogen) atoms. The smallest absolute Gasteiger partial charge is 0.261 e. The standard InChI is InChI=1S/C30H41BrN2O4/c1-6-26(29(35)32-23-12-8-7-9-13-23)33(19-21-11-10-14-24(17-21)36-5)28(34)20-37-27-16-15-22(18-25(27)31)30(2,3)4/h10-11,14-18,23,26H,6-9,12-13,19-20H2,1-5H3,(H,32,35)/t26-/m0/s1. The highest BCUT2D eigenvalue weighted by atomic mass is 79.9. The highest BCUT2D eigenvalue weighted by molar-refractivity contribution is 9.10. The van der Waals surface area contributed by atoms with Gasteiger partial charge in [0.25, 0.3) is 5.91 Å². The Morgan fingerprint density at radius 1 is 1.11 bits per heavy atom. The number of hydrogen-bond donors (Lipinski definition) is 1. The van der Waals surface area contributed by atoms with Gasteiger partial charge in [-0.1, -0.05) is 65.2 Å². The van der Waals surface area contributed by atoms with Crippen LogP contribution in [0.3, 0.4) is 0 Å². The zero-order chi connectivity index (χ0) is 27.0. The molecule has 1 fully saturated rings. The van der Waals surface area contributed by atoms with Crippen LogP contribution in [0.5, 0.6) is 11.5 Å². The minimum atomic E-state index is -0.587. The third-order valence-corrected chi connectivity index (χ3v) is 7.59. The van der Waals surface area contributed by atoms with Crippen LogP contribution in [0.1, 0.15) is 77.3 Å². The highest BCUT2D eigenvalue weighted by Crippen LogP contribution is 2.31. The average molecular weight is 574 g/mol.